The maximum atomic E-state index is 12.5. The molecule has 0 spiro atoms. The highest BCUT2D eigenvalue weighted by Crippen LogP contribution is 2.19. The van der Waals surface area contributed by atoms with Gasteiger partial charge in [0.25, 0.3) is 10.0 Å². The summed E-state index contributed by atoms with van der Waals surface area (Å²) < 4.78 is 26.2. The van der Waals surface area contributed by atoms with Gasteiger partial charge < -0.3 is 0 Å². The van der Waals surface area contributed by atoms with Crippen molar-refractivity contribution in [2.75, 3.05) is 0 Å². The highest BCUT2D eigenvalue weighted by atomic mass is 32.2. The molecule has 0 saturated carbocycles. The Morgan fingerprint density at radius 3 is 2.60 bits per heavy atom. The summed E-state index contributed by atoms with van der Waals surface area (Å²) in [5.74, 6) is 0. The molecule has 0 unspecified atom stereocenters. The summed E-state index contributed by atoms with van der Waals surface area (Å²) in [5, 5.41) is 8.74. The Kier molecular flexibility index (Phi) is 2.73. The smallest absolute Gasteiger partial charge is 0.262 e. The zero-order valence-corrected chi connectivity index (χ0v) is 10.9. The van der Waals surface area contributed by atoms with Crippen LogP contribution in [0.5, 0.6) is 0 Å². The molecule has 3 rings (SSSR count). The van der Waals surface area contributed by atoms with Crippen molar-refractivity contribution in [3.63, 3.8) is 0 Å². The molecule has 3 aromatic rings. The van der Waals surface area contributed by atoms with Crippen molar-refractivity contribution in [3.05, 3.63) is 54.6 Å². The van der Waals surface area contributed by atoms with Crippen LogP contribution >= 0.6 is 0 Å². The van der Waals surface area contributed by atoms with E-state index < -0.39 is 10.0 Å². The molecule has 2 heterocycles. The number of fused-ring (bicyclic) bond motifs is 1. The molecule has 0 N–H and O–H groups in total. The number of pyridine rings is 1. The number of hydrogen-bond acceptors (Lipinski definition) is 5. The lowest BCUT2D eigenvalue weighted by Gasteiger charge is -2.06. The molecule has 0 atom stereocenters. The molecule has 98 valence electrons. The first-order valence-electron chi connectivity index (χ1n) is 5.66. The van der Waals surface area contributed by atoms with Gasteiger partial charge in [-0.05, 0) is 30.3 Å². The third-order valence-corrected chi connectivity index (χ3v) is 4.53. The van der Waals surface area contributed by atoms with E-state index in [2.05, 4.69) is 9.97 Å². The molecule has 7 heteroatoms. The molecule has 1 aromatic carbocycles. The fraction of sp³-hybridized carbons (Fsp3) is 0. The molecule has 0 saturated heterocycles. The van der Waals surface area contributed by atoms with E-state index in [0.29, 0.717) is 16.6 Å². The Labute approximate surface area is 115 Å². The van der Waals surface area contributed by atoms with Crippen molar-refractivity contribution in [3.8, 4) is 6.07 Å². The standard InChI is InChI=1S/C13H8N4O2S/c14-7-10-1-3-11(4-2-10)20(18,19)17-9-16-12-8-15-6-5-13(12)17/h1-6,8-9H. The minimum absolute atomic E-state index is 0.104. The Morgan fingerprint density at radius 1 is 1.15 bits per heavy atom. The highest BCUT2D eigenvalue weighted by molar-refractivity contribution is 7.90. The lowest BCUT2D eigenvalue weighted by atomic mass is 10.2. The fourth-order valence-corrected chi connectivity index (χ4v) is 3.14. The number of benzene rings is 1. The van der Waals surface area contributed by atoms with Crippen LogP contribution in [0.25, 0.3) is 11.0 Å². The van der Waals surface area contributed by atoms with Crippen LogP contribution < -0.4 is 0 Å². The van der Waals surface area contributed by atoms with Gasteiger partial charge in [0, 0.05) is 6.20 Å². The maximum Gasteiger partial charge on any atom is 0.269 e. The Hall–Kier alpha value is -2.72. The van der Waals surface area contributed by atoms with Crippen LogP contribution in [-0.4, -0.2) is 22.4 Å². The second kappa shape index (κ2) is 4.43. The van der Waals surface area contributed by atoms with Gasteiger partial charge in [0.15, 0.2) is 0 Å². The van der Waals surface area contributed by atoms with Gasteiger partial charge in [-0.15, -0.1) is 0 Å². The molecule has 0 bridgehead atoms. The molecule has 20 heavy (non-hydrogen) atoms. The SMILES string of the molecule is N#Cc1ccc(S(=O)(=O)n2cnc3cnccc32)cc1. The van der Waals surface area contributed by atoms with Crippen molar-refractivity contribution < 1.29 is 8.42 Å². The highest BCUT2D eigenvalue weighted by Gasteiger charge is 2.19. The summed E-state index contributed by atoms with van der Waals surface area (Å²) in [5.41, 5.74) is 1.37. The fourth-order valence-electron chi connectivity index (χ4n) is 1.85. The van der Waals surface area contributed by atoms with E-state index >= 15 is 0 Å². The summed E-state index contributed by atoms with van der Waals surface area (Å²) in [7, 11) is -3.73. The molecule has 2 aromatic heterocycles. The van der Waals surface area contributed by atoms with E-state index in [4.69, 9.17) is 5.26 Å². The third-order valence-electron chi connectivity index (χ3n) is 2.86. The number of hydrogen-bond donors (Lipinski definition) is 0. The van der Waals surface area contributed by atoms with Gasteiger partial charge in [0.2, 0.25) is 0 Å². The maximum absolute atomic E-state index is 12.5. The van der Waals surface area contributed by atoms with Crippen LogP contribution in [0.15, 0.2) is 53.9 Å². The first-order valence-corrected chi connectivity index (χ1v) is 7.10. The Balaban J connectivity index is 2.18. The van der Waals surface area contributed by atoms with E-state index in [1.165, 1.54) is 43.0 Å². The number of nitrogens with zero attached hydrogens (tertiary/aromatic N) is 4. The minimum Gasteiger partial charge on any atom is -0.262 e. The molecule has 0 aliphatic heterocycles. The van der Waals surface area contributed by atoms with Gasteiger partial charge in [-0.1, -0.05) is 0 Å². The molecule has 0 radical (unpaired) electrons. The summed E-state index contributed by atoms with van der Waals surface area (Å²) >= 11 is 0. The van der Waals surface area contributed by atoms with Crippen LogP contribution in [0, 0.1) is 11.3 Å². The van der Waals surface area contributed by atoms with Crippen molar-refractivity contribution in [2.24, 2.45) is 0 Å². The summed E-state index contributed by atoms with van der Waals surface area (Å²) in [6.07, 6.45) is 4.26. The monoisotopic (exact) mass is 284 g/mol. The second-order valence-electron chi connectivity index (χ2n) is 4.05. The van der Waals surface area contributed by atoms with E-state index in [0.717, 1.165) is 3.97 Å². The van der Waals surface area contributed by atoms with Crippen LogP contribution in [-0.2, 0) is 10.0 Å². The average molecular weight is 284 g/mol. The van der Waals surface area contributed by atoms with E-state index in [1.54, 1.807) is 6.07 Å². The summed E-state index contributed by atoms with van der Waals surface area (Å²) in [6, 6.07) is 9.27. The van der Waals surface area contributed by atoms with Gasteiger partial charge in [0.1, 0.15) is 11.8 Å². The number of rotatable bonds is 2. The third kappa shape index (κ3) is 1.83. The van der Waals surface area contributed by atoms with Gasteiger partial charge in [-0.25, -0.2) is 17.4 Å². The van der Waals surface area contributed by atoms with Crippen LogP contribution in [0.1, 0.15) is 5.56 Å². The lowest BCUT2D eigenvalue weighted by molar-refractivity contribution is 0.588. The quantitative estimate of drug-likeness (QED) is 0.712. The van der Waals surface area contributed by atoms with Gasteiger partial charge >= 0.3 is 0 Å². The van der Waals surface area contributed by atoms with Gasteiger partial charge in [0.05, 0.1) is 28.2 Å². The Morgan fingerprint density at radius 2 is 1.90 bits per heavy atom. The van der Waals surface area contributed by atoms with E-state index in [-0.39, 0.29) is 4.90 Å². The molecule has 6 nitrogen and oxygen atoms in total. The van der Waals surface area contributed by atoms with Crippen molar-refractivity contribution in [1.82, 2.24) is 13.9 Å². The molecular formula is C13H8N4O2S. The summed E-state index contributed by atoms with van der Waals surface area (Å²) in [6.45, 7) is 0. The first-order chi connectivity index (χ1) is 9.63. The normalized spacial score (nSPS) is 11.3. The molecule has 0 aliphatic rings. The molecule has 0 amide bonds. The van der Waals surface area contributed by atoms with Gasteiger partial charge in [-0.3, -0.25) is 4.98 Å². The van der Waals surface area contributed by atoms with Crippen LogP contribution in [0.2, 0.25) is 0 Å². The van der Waals surface area contributed by atoms with Crippen molar-refractivity contribution >= 4 is 21.1 Å². The Bertz CT molecular complexity index is 921. The predicted molar refractivity (Wildman–Crippen MR) is 71.3 cm³/mol. The zero-order valence-electron chi connectivity index (χ0n) is 10.1. The molecular weight excluding hydrogens is 276 g/mol. The first kappa shape index (κ1) is 12.3. The number of imidazole rings is 1. The minimum atomic E-state index is -3.73. The number of nitriles is 1. The topological polar surface area (TPSA) is 88.6 Å². The van der Waals surface area contributed by atoms with E-state index in [9.17, 15) is 8.42 Å². The van der Waals surface area contributed by atoms with Crippen LogP contribution in [0.4, 0.5) is 0 Å². The zero-order chi connectivity index (χ0) is 14.2. The van der Waals surface area contributed by atoms with Crippen LogP contribution in [0.3, 0.4) is 0 Å². The largest absolute Gasteiger partial charge is 0.269 e. The average Bonchev–Trinajstić information content (AvgIpc) is 2.92. The predicted octanol–water partition coefficient (Wildman–Crippen LogP) is 1.54. The molecule has 0 fully saturated rings. The second-order valence-corrected chi connectivity index (χ2v) is 5.86. The van der Waals surface area contributed by atoms with E-state index in [1.807, 2.05) is 6.07 Å². The lowest BCUT2D eigenvalue weighted by Crippen LogP contribution is -2.11. The van der Waals surface area contributed by atoms with Crippen molar-refractivity contribution in [1.29, 1.82) is 5.26 Å². The summed E-state index contributed by atoms with van der Waals surface area (Å²) in [4.78, 5) is 8.01. The number of aromatic nitrogens is 3. The van der Waals surface area contributed by atoms with Crippen molar-refractivity contribution in [2.45, 2.75) is 4.90 Å². The van der Waals surface area contributed by atoms with Gasteiger partial charge in [-0.2, -0.15) is 5.26 Å². The molecule has 0 aliphatic carbocycles.